The number of amides is 3. The number of rotatable bonds is 4. The first-order chi connectivity index (χ1) is 14.6. The molecule has 0 aliphatic carbocycles. The van der Waals surface area contributed by atoms with Gasteiger partial charge in [0, 0.05) is 12.6 Å². The van der Waals surface area contributed by atoms with Crippen LogP contribution in [-0.4, -0.2) is 56.0 Å². The zero-order valence-corrected chi connectivity index (χ0v) is 17.5. The molecule has 3 amide bonds. The molecule has 0 radical (unpaired) electrons. The fourth-order valence-electron chi connectivity index (χ4n) is 3.46. The third kappa shape index (κ3) is 4.16. The number of anilines is 1. The lowest BCUT2D eigenvalue weighted by Gasteiger charge is -2.37. The minimum atomic E-state index is -4.64. The monoisotopic (exact) mass is 449 g/mol. The fraction of sp³-hybridized carbons (Fsp3) is 0.444. The van der Waals surface area contributed by atoms with Crippen molar-refractivity contribution in [1.29, 1.82) is 10.5 Å². The highest BCUT2D eigenvalue weighted by Gasteiger charge is 2.41. The van der Waals surface area contributed by atoms with Crippen LogP contribution in [0.15, 0.2) is 17.0 Å². The van der Waals surface area contributed by atoms with Crippen molar-refractivity contribution in [1.82, 2.24) is 20.3 Å². The van der Waals surface area contributed by atoms with Crippen molar-refractivity contribution in [3.05, 3.63) is 23.5 Å². The molecular formula is C18H20FN7O4S. The van der Waals surface area contributed by atoms with Crippen LogP contribution in [0.3, 0.4) is 0 Å². The predicted octanol–water partition coefficient (Wildman–Crippen LogP) is -0.215. The van der Waals surface area contributed by atoms with Gasteiger partial charge in [-0.1, -0.05) is 0 Å². The number of urea groups is 1. The highest BCUT2D eigenvalue weighted by Crippen LogP contribution is 2.33. The standard InChI is InChI=1S/C18H20FN7O4S/c1-9-11(5-20)7-22-17(24-9)10(2)23-15(27)8-26-18(28)25-14-4-3-13(19)12(6-21)16(14)31(26,29)30/h3-4,9-11,17,22,24H,7-8H2,1-2H3,(H,23,27)(H,25,28)/t9?,10-,11?,17?/m0/s1. The number of fused-ring (bicyclic) bond motifs is 1. The second-order valence-electron chi connectivity index (χ2n) is 7.29. The van der Waals surface area contributed by atoms with E-state index in [4.69, 9.17) is 10.5 Å². The normalized spacial score (nSPS) is 25.4. The van der Waals surface area contributed by atoms with Crippen molar-refractivity contribution in [3.8, 4) is 12.1 Å². The second-order valence-corrected chi connectivity index (χ2v) is 9.08. The average Bonchev–Trinajstić information content (AvgIpc) is 2.71. The first-order valence-electron chi connectivity index (χ1n) is 9.35. The zero-order valence-electron chi connectivity index (χ0n) is 16.6. The molecule has 0 saturated carbocycles. The Bertz CT molecular complexity index is 1110. The molecule has 0 bridgehead atoms. The summed E-state index contributed by atoms with van der Waals surface area (Å²) in [6.07, 6.45) is -0.379. The predicted molar refractivity (Wildman–Crippen MR) is 105 cm³/mol. The van der Waals surface area contributed by atoms with Gasteiger partial charge < -0.3 is 10.6 Å². The molecule has 1 fully saturated rings. The average molecular weight is 449 g/mol. The van der Waals surface area contributed by atoms with Crippen LogP contribution in [0.2, 0.25) is 0 Å². The lowest BCUT2D eigenvalue weighted by molar-refractivity contribution is -0.121. The van der Waals surface area contributed by atoms with E-state index >= 15 is 0 Å². The molecule has 0 spiro atoms. The van der Waals surface area contributed by atoms with Crippen LogP contribution in [0, 0.1) is 34.4 Å². The molecule has 2 heterocycles. The summed E-state index contributed by atoms with van der Waals surface area (Å²) < 4.78 is 40.0. The molecule has 3 unspecified atom stereocenters. The molecule has 11 nitrogen and oxygen atoms in total. The summed E-state index contributed by atoms with van der Waals surface area (Å²) >= 11 is 0. The van der Waals surface area contributed by atoms with Crippen LogP contribution in [-0.2, 0) is 14.8 Å². The van der Waals surface area contributed by atoms with Crippen LogP contribution in [0.5, 0.6) is 0 Å². The van der Waals surface area contributed by atoms with Crippen LogP contribution in [0.25, 0.3) is 0 Å². The summed E-state index contributed by atoms with van der Waals surface area (Å²) in [5.41, 5.74) is -0.975. The fourth-order valence-corrected chi connectivity index (χ4v) is 5.03. The Labute approximate surface area is 178 Å². The van der Waals surface area contributed by atoms with Crippen LogP contribution >= 0.6 is 0 Å². The number of carbonyl (C=O) groups excluding carboxylic acids is 2. The van der Waals surface area contributed by atoms with Crippen LogP contribution in [0.4, 0.5) is 14.9 Å². The van der Waals surface area contributed by atoms with E-state index in [0.717, 1.165) is 12.1 Å². The number of carbonyl (C=O) groups is 2. The number of benzene rings is 1. The van der Waals surface area contributed by atoms with E-state index in [0.29, 0.717) is 6.54 Å². The first kappa shape index (κ1) is 22.4. The van der Waals surface area contributed by atoms with Crippen molar-refractivity contribution in [2.24, 2.45) is 5.92 Å². The molecule has 0 aromatic heterocycles. The molecule has 4 atom stereocenters. The lowest BCUT2D eigenvalue weighted by atomic mass is 9.98. The summed E-state index contributed by atoms with van der Waals surface area (Å²) in [7, 11) is -4.64. The third-order valence-corrected chi connectivity index (χ3v) is 7.00. The largest absolute Gasteiger partial charge is 0.349 e. The number of sulfonamides is 1. The quantitative estimate of drug-likeness (QED) is 0.489. The van der Waals surface area contributed by atoms with Crippen LogP contribution < -0.4 is 21.3 Å². The number of hydrogen-bond acceptors (Lipinski definition) is 8. The van der Waals surface area contributed by atoms with E-state index in [1.807, 2.05) is 6.92 Å². The maximum atomic E-state index is 13.9. The van der Waals surface area contributed by atoms with Gasteiger partial charge in [-0.2, -0.15) is 10.5 Å². The minimum absolute atomic E-state index is 0.125. The zero-order chi connectivity index (χ0) is 22.9. The van der Waals surface area contributed by atoms with Gasteiger partial charge in [0.15, 0.2) is 0 Å². The Kier molecular flexibility index (Phi) is 6.13. The van der Waals surface area contributed by atoms with Crippen molar-refractivity contribution in [3.63, 3.8) is 0 Å². The highest BCUT2D eigenvalue weighted by atomic mass is 32.2. The Morgan fingerprint density at radius 2 is 2.13 bits per heavy atom. The number of hydrogen-bond donors (Lipinski definition) is 4. The van der Waals surface area contributed by atoms with Crippen molar-refractivity contribution < 1.29 is 22.4 Å². The second kappa shape index (κ2) is 8.47. The van der Waals surface area contributed by atoms with Gasteiger partial charge in [-0.3, -0.25) is 15.4 Å². The SMILES string of the molecule is CC1NC([C@H](C)NC(=O)CN2C(=O)Nc3ccc(F)c(C#N)c3S2(=O)=O)NCC1C#N. The summed E-state index contributed by atoms with van der Waals surface area (Å²) in [5.74, 6) is -2.07. The first-order valence-corrected chi connectivity index (χ1v) is 10.8. The van der Waals surface area contributed by atoms with E-state index < -0.39 is 50.8 Å². The summed E-state index contributed by atoms with van der Waals surface area (Å²) in [5, 5.41) is 29.3. The lowest BCUT2D eigenvalue weighted by Crippen LogP contribution is -2.64. The summed E-state index contributed by atoms with van der Waals surface area (Å²) in [4.78, 5) is 24.1. The highest BCUT2D eigenvalue weighted by molar-refractivity contribution is 7.90. The van der Waals surface area contributed by atoms with Gasteiger partial charge in [-0.15, -0.1) is 0 Å². The molecule has 13 heteroatoms. The topological polar surface area (TPSA) is 167 Å². The Morgan fingerprint density at radius 1 is 1.42 bits per heavy atom. The molecule has 1 aromatic rings. The summed E-state index contributed by atoms with van der Waals surface area (Å²) in [6.45, 7) is 3.07. The van der Waals surface area contributed by atoms with Gasteiger partial charge in [0.25, 0.3) is 10.0 Å². The van der Waals surface area contributed by atoms with E-state index in [9.17, 15) is 22.4 Å². The molecule has 2 aliphatic heterocycles. The molecule has 164 valence electrons. The van der Waals surface area contributed by atoms with E-state index in [1.54, 1.807) is 6.92 Å². The summed E-state index contributed by atoms with van der Waals surface area (Å²) in [6, 6.07) is 3.83. The van der Waals surface area contributed by atoms with E-state index in [-0.39, 0.29) is 28.1 Å². The van der Waals surface area contributed by atoms with Gasteiger partial charge in [0.1, 0.15) is 28.9 Å². The van der Waals surface area contributed by atoms with Crippen LogP contribution in [0.1, 0.15) is 19.4 Å². The number of halogens is 1. The van der Waals surface area contributed by atoms with Gasteiger partial charge >= 0.3 is 6.03 Å². The van der Waals surface area contributed by atoms with Gasteiger partial charge in [-0.05, 0) is 26.0 Å². The van der Waals surface area contributed by atoms with Gasteiger partial charge in [-0.25, -0.2) is 21.9 Å². The van der Waals surface area contributed by atoms with Crippen molar-refractivity contribution in [2.45, 2.75) is 37.0 Å². The Morgan fingerprint density at radius 3 is 2.74 bits per heavy atom. The molecule has 1 saturated heterocycles. The number of nitriles is 2. The van der Waals surface area contributed by atoms with Gasteiger partial charge in [0.05, 0.1) is 29.9 Å². The Hall–Kier alpha value is -3.26. The maximum absolute atomic E-state index is 13.9. The Balaban J connectivity index is 1.75. The van der Waals surface area contributed by atoms with Crippen molar-refractivity contribution >= 4 is 27.6 Å². The molecule has 4 N–H and O–H groups in total. The maximum Gasteiger partial charge on any atom is 0.336 e. The third-order valence-electron chi connectivity index (χ3n) is 5.18. The molecule has 31 heavy (non-hydrogen) atoms. The van der Waals surface area contributed by atoms with E-state index in [2.05, 4.69) is 27.3 Å². The molecule has 1 aromatic carbocycles. The minimum Gasteiger partial charge on any atom is -0.349 e. The molecule has 2 aliphatic rings. The number of nitrogens with one attached hydrogen (secondary N) is 4. The molecular weight excluding hydrogens is 429 g/mol. The van der Waals surface area contributed by atoms with E-state index in [1.165, 1.54) is 6.07 Å². The number of nitrogens with zero attached hydrogens (tertiary/aromatic N) is 3. The van der Waals surface area contributed by atoms with Crippen molar-refractivity contribution in [2.75, 3.05) is 18.4 Å². The van der Waals surface area contributed by atoms with Gasteiger partial charge in [0.2, 0.25) is 5.91 Å². The molecule has 3 rings (SSSR count). The smallest absolute Gasteiger partial charge is 0.336 e.